The Morgan fingerprint density at radius 2 is 2.38 bits per heavy atom. The van der Waals surface area contributed by atoms with Crippen LogP contribution in [0.2, 0.25) is 0 Å². The van der Waals surface area contributed by atoms with Crippen LogP contribution >= 0.6 is 0 Å². The molecular formula is C7H10N3O3+. The van der Waals surface area contributed by atoms with E-state index in [2.05, 4.69) is 0 Å². The smallest absolute Gasteiger partial charge is 0.363 e. The number of rotatable bonds is 1. The second-order valence-corrected chi connectivity index (χ2v) is 3.24. The van der Waals surface area contributed by atoms with Crippen molar-refractivity contribution in [2.45, 2.75) is 18.9 Å². The number of nitrogens with two attached hydrogens (primary N) is 1. The predicted molar refractivity (Wildman–Crippen MR) is 41.4 cm³/mol. The summed E-state index contributed by atoms with van der Waals surface area (Å²) in [6.07, 6.45) is 1.06. The average molecular weight is 184 g/mol. The quantitative estimate of drug-likeness (QED) is 0.401. The van der Waals surface area contributed by atoms with Gasteiger partial charge in [0.1, 0.15) is 6.54 Å². The topological polar surface area (TPSA) is 86.6 Å². The monoisotopic (exact) mass is 184 g/mol. The van der Waals surface area contributed by atoms with Crippen molar-refractivity contribution in [2.75, 3.05) is 6.54 Å². The average Bonchev–Trinajstić information content (AvgIpc) is 2.32. The third-order valence-corrected chi connectivity index (χ3v) is 2.49. The normalized spacial score (nSPS) is 27.0. The molecule has 2 rings (SSSR count). The van der Waals surface area contributed by atoms with Gasteiger partial charge in [0.05, 0.1) is 0 Å². The molecule has 2 aliphatic heterocycles. The van der Waals surface area contributed by atoms with Crippen molar-refractivity contribution in [2.24, 2.45) is 5.73 Å². The van der Waals surface area contributed by atoms with Crippen LogP contribution in [0.15, 0.2) is 0 Å². The highest BCUT2D eigenvalue weighted by molar-refractivity contribution is 6.36. The molecule has 13 heavy (non-hydrogen) atoms. The molecule has 2 aliphatic rings. The Bertz CT molecular complexity index is 323. The summed E-state index contributed by atoms with van der Waals surface area (Å²) in [5, 5.41) is 9.92. The molecule has 6 nitrogen and oxygen atoms in total. The van der Waals surface area contributed by atoms with Gasteiger partial charge in [-0.2, -0.15) is 9.37 Å². The number of fused-ring (bicyclic) bond motifs is 2. The molecule has 2 heterocycles. The Morgan fingerprint density at radius 1 is 1.69 bits per heavy atom. The number of carbonyl (C=O) groups excluding carboxylic acids is 2. The molecule has 1 atom stereocenters. The number of nitrogens with zero attached hydrogens (tertiary/aromatic N) is 2. The maximum absolute atomic E-state index is 11.3. The molecule has 3 N–H and O–H groups in total. The van der Waals surface area contributed by atoms with E-state index in [-0.39, 0.29) is 6.04 Å². The molecule has 0 aromatic heterocycles. The van der Waals surface area contributed by atoms with Gasteiger partial charge in [-0.05, 0) is 0 Å². The molecule has 0 aromatic rings. The summed E-state index contributed by atoms with van der Waals surface area (Å²) in [7, 11) is 0. The molecule has 3 amide bonds. The summed E-state index contributed by atoms with van der Waals surface area (Å²) in [6, 6.07) is -0.730. The Hall–Kier alpha value is -1.43. The van der Waals surface area contributed by atoms with Crippen molar-refractivity contribution in [3.8, 4) is 0 Å². The molecule has 0 spiro atoms. The minimum atomic E-state index is -0.581. The maximum Gasteiger partial charge on any atom is 0.524 e. The molecule has 1 unspecified atom stereocenters. The minimum absolute atomic E-state index is 0.185. The fourth-order valence-electron chi connectivity index (χ4n) is 1.78. The van der Waals surface area contributed by atoms with Crippen LogP contribution in [0, 0.1) is 0 Å². The molecule has 2 bridgehead atoms. The third kappa shape index (κ3) is 1.02. The Kier molecular flexibility index (Phi) is 1.59. The highest BCUT2D eigenvalue weighted by Gasteiger charge is 2.49. The summed E-state index contributed by atoms with van der Waals surface area (Å²) in [5.41, 5.74) is 5.39. The molecule has 70 valence electrons. The van der Waals surface area contributed by atoms with E-state index < -0.39 is 11.9 Å². The standard InChI is InChI=1S/C7H9N3O3/c8-6(11)5-2-1-4-3-9(5)7(12)10(4)13/h4,13H,1-3H2,(H-,8,11)/p+1. The summed E-state index contributed by atoms with van der Waals surface area (Å²) in [5.74, 6) is -0.581. The Labute approximate surface area is 74.2 Å². The SMILES string of the molecule is NC(=O)C1=[N+]2CC(CC1)N(O)C2=O. The summed E-state index contributed by atoms with van der Waals surface area (Å²) in [6.45, 7) is 0.369. The lowest BCUT2D eigenvalue weighted by atomic mass is 10.1. The van der Waals surface area contributed by atoms with E-state index in [1.54, 1.807) is 0 Å². The van der Waals surface area contributed by atoms with Gasteiger partial charge in [0.25, 0.3) is 5.91 Å². The fraction of sp³-hybridized carbons (Fsp3) is 0.571. The number of amides is 3. The van der Waals surface area contributed by atoms with E-state index in [0.29, 0.717) is 30.2 Å². The van der Waals surface area contributed by atoms with Gasteiger partial charge in [-0.25, -0.2) is 5.21 Å². The van der Waals surface area contributed by atoms with Crippen LogP contribution in [0.3, 0.4) is 0 Å². The van der Waals surface area contributed by atoms with E-state index in [9.17, 15) is 14.8 Å². The highest BCUT2D eigenvalue weighted by atomic mass is 16.5. The van der Waals surface area contributed by atoms with Crippen LogP contribution in [-0.4, -0.2) is 45.1 Å². The third-order valence-electron chi connectivity index (χ3n) is 2.49. The summed E-state index contributed by atoms with van der Waals surface area (Å²) < 4.78 is 1.25. The first kappa shape index (κ1) is 8.18. The molecule has 0 saturated carbocycles. The Morgan fingerprint density at radius 3 is 3.00 bits per heavy atom. The van der Waals surface area contributed by atoms with Crippen molar-refractivity contribution >= 4 is 17.6 Å². The lowest BCUT2D eigenvalue weighted by molar-refractivity contribution is -0.419. The van der Waals surface area contributed by atoms with Gasteiger partial charge < -0.3 is 5.73 Å². The van der Waals surface area contributed by atoms with E-state index in [4.69, 9.17) is 5.73 Å². The van der Waals surface area contributed by atoms with Crippen LogP contribution in [0.25, 0.3) is 0 Å². The van der Waals surface area contributed by atoms with Crippen molar-refractivity contribution in [3.63, 3.8) is 0 Å². The maximum atomic E-state index is 11.3. The van der Waals surface area contributed by atoms with E-state index in [1.165, 1.54) is 4.58 Å². The van der Waals surface area contributed by atoms with Gasteiger partial charge in [-0.1, -0.05) is 5.06 Å². The largest absolute Gasteiger partial charge is 0.524 e. The molecule has 1 fully saturated rings. The lowest BCUT2D eigenvalue weighted by Gasteiger charge is -2.09. The predicted octanol–water partition coefficient (Wildman–Crippen LogP) is -1.09. The van der Waals surface area contributed by atoms with Crippen molar-refractivity contribution in [1.82, 2.24) is 5.06 Å². The van der Waals surface area contributed by atoms with Crippen molar-refractivity contribution < 1.29 is 19.4 Å². The van der Waals surface area contributed by atoms with E-state index >= 15 is 0 Å². The number of hydrogen-bond donors (Lipinski definition) is 2. The second-order valence-electron chi connectivity index (χ2n) is 3.24. The van der Waals surface area contributed by atoms with Crippen LogP contribution in [-0.2, 0) is 4.79 Å². The summed E-state index contributed by atoms with van der Waals surface area (Å²) >= 11 is 0. The second kappa shape index (κ2) is 2.53. The molecule has 0 radical (unpaired) electrons. The van der Waals surface area contributed by atoms with Crippen molar-refractivity contribution in [3.05, 3.63) is 0 Å². The van der Waals surface area contributed by atoms with Crippen LogP contribution in [0.5, 0.6) is 0 Å². The van der Waals surface area contributed by atoms with Gasteiger partial charge in [0, 0.05) is 12.8 Å². The zero-order valence-corrected chi connectivity index (χ0v) is 6.93. The highest BCUT2D eigenvalue weighted by Crippen LogP contribution is 2.20. The first-order valence-electron chi connectivity index (χ1n) is 4.06. The number of hydroxylamine groups is 2. The van der Waals surface area contributed by atoms with Gasteiger partial charge in [0.2, 0.25) is 0 Å². The van der Waals surface area contributed by atoms with E-state index in [1.807, 2.05) is 0 Å². The summed E-state index contributed by atoms with van der Waals surface area (Å²) in [4.78, 5) is 22.2. The number of primary amides is 1. The zero-order chi connectivity index (χ0) is 9.59. The molecule has 0 aromatic carbocycles. The van der Waals surface area contributed by atoms with Gasteiger partial charge >= 0.3 is 6.03 Å². The van der Waals surface area contributed by atoms with Gasteiger partial charge in [-0.15, -0.1) is 0 Å². The molecular weight excluding hydrogens is 174 g/mol. The first-order valence-corrected chi connectivity index (χ1v) is 4.06. The fourth-order valence-corrected chi connectivity index (χ4v) is 1.78. The Balaban J connectivity index is 2.44. The number of hydrogen-bond acceptors (Lipinski definition) is 3. The van der Waals surface area contributed by atoms with Gasteiger partial charge in [0.15, 0.2) is 11.8 Å². The first-order chi connectivity index (χ1) is 6.11. The molecule has 6 heteroatoms. The van der Waals surface area contributed by atoms with Gasteiger partial charge in [-0.3, -0.25) is 4.79 Å². The number of urea groups is 1. The molecule has 1 saturated heterocycles. The van der Waals surface area contributed by atoms with E-state index in [0.717, 1.165) is 0 Å². The zero-order valence-electron chi connectivity index (χ0n) is 6.93. The van der Waals surface area contributed by atoms with Crippen LogP contribution < -0.4 is 5.73 Å². The lowest BCUT2D eigenvalue weighted by Crippen LogP contribution is -2.37. The minimum Gasteiger partial charge on any atom is -0.363 e. The van der Waals surface area contributed by atoms with Crippen LogP contribution in [0.4, 0.5) is 4.79 Å². The number of carbonyl (C=O) groups is 2. The van der Waals surface area contributed by atoms with Crippen LogP contribution in [0.1, 0.15) is 12.8 Å². The van der Waals surface area contributed by atoms with Crippen molar-refractivity contribution in [1.29, 1.82) is 0 Å². The molecule has 0 aliphatic carbocycles.